The Morgan fingerprint density at radius 1 is 1.04 bits per heavy atom. The summed E-state index contributed by atoms with van der Waals surface area (Å²) in [6, 6.07) is 20.5. The molecule has 0 radical (unpaired) electrons. The molecule has 2 aliphatic rings. The smallest absolute Gasteiger partial charge is 0.262 e. The van der Waals surface area contributed by atoms with Gasteiger partial charge < -0.3 is 5.73 Å². The molecule has 6 nitrogen and oxygen atoms in total. The van der Waals surface area contributed by atoms with Gasteiger partial charge in [-0.15, -0.1) is 5.10 Å². The number of nitrogens with two attached hydrogens (primary N) is 1. The molecular weight excluding hydrogens is 314 g/mol. The molecule has 0 spiro atoms. The largest absolute Gasteiger partial charge is 0.383 e. The maximum absolute atomic E-state index is 13.0. The van der Waals surface area contributed by atoms with Gasteiger partial charge in [0.05, 0.1) is 11.3 Å². The maximum Gasteiger partial charge on any atom is 0.262 e. The highest BCUT2D eigenvalue weighted by Crippen LogP contribution is 2.37. The van der Waals surface area contributed by atoms with Crippen LogP contribution in [0.3, 0.4) is 0 Å². The second-order valence-corrected chi connectivity index (χ2v) is 5.64. The molecule has 120 valence electrons. The molecule has 25 heavy (non-hydrogen) atoms. The van der Waals surface area contributed by atoms with Crippen LogP contribution >= 0.6 is 0 Å². The number of amidine groups is 2. The third kappa shape index (κ3) is 2.30. The van der Waals surface area contributed by atoms with E-state index in [4.69, 9.17) is 5.73 Å². The van der Waals surface area contributed by atoms with Gasteiger partial charge in [-0.05, 0) is 17.7 Å². The molecule has 1 amide bonds. The van der Waals surface area contributed by atoms with Gasteiger partial charge >= 0.3 is 0 Å². The van der Waals surface area contributed by atoms with Gasteiger partial charge in [-0.25, -0.2) is 4.99 Å². The van der Waals surface area contributed by atoms with Gasteiger partial charge in [-0.1, -0.05) is 48.5 Å². The Kier molecular flexibility index (Phi) is 3.40. The summed E-state index contributed by atoms with van der Waals surface area (Å²) < 4.78 is 0. The lowest BCUT2D eigenvalue weighted by atomic mass is 9.85. The van der Waals surface area contributed by atoms with Crippen LogP contribution in [0.25, 0.3) is 5.57 Å². The molecule has 2 aromatic rings. The zero-order chi connectivity index (χ0) is 17.4. The van der Waals surface area contributed by atoms with E-state index in [1.807, 2.05) is 48.5 Å². The lowest BCUT2D eigenvalue weighted by Gasteiger charge is -2.21. The van der Waals surface area contributed by atoms with Crippen molar-refractivity contribution in [1.82, 2.24) is 0 Å². The van der Waals surface area contributed by atoms with Crippen LogP contribution in [0.4, 0.5) is 5.69 Å². The Bertz CT molecular complexity index is 983. The minimum absolute atomic E-state index is 0.0825. The topological polar surface area (TPSA) is 94.8 Å². The zero-order valence-electron chi connectivity index (χ0n) is 13.1. The molecule has 2 heterocycles. The Hall–Kier alpha value is -3.72. The number of aliphatic imine (C=N–C) groups is 1. The molecule has 0 aliphatic carbocycles. The molecule has 2 aliphatic heterocycles. The zero-order valence-corrected chi connectivity index (χ0v) is 13.1. The first-order valence-corrected chi connectivity index (χ1v) is 7.72. The van der Waals surface area contributed by atoms with Crippen molar-refractivity contribution in [3.63, 3.8) is 0 Å². The van der Waals surface area contributed by atoms with E-state index in [-0.39, 0.29) is 17.3 Å². The summed E-state index contributed by atoms with van der Waals surface area (Å²) in [6.45, 7) is 0. The van der Waals surface area contributed by atoms with E-state index in [0.717, 1.165) is 5.56 Å². The van der Waals surface area contributed by atoms with E-state index in [1.165, 1.54) is 5.01 Å². The maximum atomic E-state index is 13.0. The van der Waals surface area contributed by atoms with Gasteiger partial charge in [-0.2, -0.15) is 10.3 Å². The van der Waals surface area contributed by atoms with E-state index in [1.54, 1.807) is 12.1 Å². The minimum atomic E-state index is -0.732. The first kappa shape index (κ1) is 14.8. The van der Waals surface area contributed by atoms with Crippen molar-refractivity contribution >= 4 is 28.8 Å². The summed E-state index contributed by atoms with van der Waals surface area (Å²) in [7, 11) is 0. The summed E-state index contributed by atoms with van der Waals surface area (Å²) in [5.74, 6) is -0.586. The predicted molar refractivity (Wildman–Crippen MR) is 95.5 cm³/mol. The summed E-state index contributed by atoms with van der Waals surface area (Å²) in [5.41, 5.74) is 8.15. The van der Waals surface area contributed by atoms with Gasteiger partial charge in [0.1, 0.15) is 17.8 Å². The summed E-state index contributed by atoms with van der Waals surface area (Å²) in [6.07, 6.45) is 0. The van der Waals surface area contributed by atoms with Crippen LogP contribution in [-0.2, 0) is 4.79 Å². The van der Waals surface area contributed by atoms with Crippen molar-refractivity contribution < 1.29 is 4.79 Å². The lowest BCUT2D eigenvalue weighted by molar-refractivity contribution is -0.118. The first-order chi connectivity index (χ1) is 12.2. The van der Waals surface area contributed by atoms with E-state index < -0.39 is 5.92 Å². The average Bonchev–Trinajstić information content (AvgIpc) is 2.98. The molecule has 2 N–H and O–H groups in total. The SMILES string of the molecule is N#CC1=C(c2ccccc2)C2C(=O)N(c3ccccc3)N=C2N=C1N. The Balaban J connectivity index is 1.88. The average molecular weight is 327 g/mol. The summed E-state index contributed by atoms with van der Waals surface area (Å²) in [5, 5.41) is 15.2. The predicted octanol–water partition coefficient (Wildman–Crippen LogP) is 2.31. The highest BCUT2D eigenvalue weighted by molar-refractivity contribution is 6.30. The molecule has 0 fully saturated rings. The number of anilines is 1. The number of para-hydroxylation sites is 1. The molecule has 0 bridgehead atoms. The van der Waals surface area contributed by atoms with Crippen molar-refractivity contribution in [2.75, 3.05) is 5.01 Å². The molecular formula is C19H13N5O. The number of dihydropyridines is 1. The second-order valence-electron chi connectivity index (χ2n) is 5.64. The van der Waals surface area contributed by atoms with Crippen LogP contribution in [0.1, 0.15) is 5.56 Å². The molecule has 0 saturated heterocycles. The fourth-order valence-electron chi connectivity index (χ4n) is 3.04. The third-order valence-corrected chi connectivity index (χ3v) is 4.16. The number of hydrazone groups is 1. The number of fused-ring (bicyclic) bond motifs is 1. The summed E-state index contributed by atoms with van der Waals surface area (Å²) >= 11 is 0. The highest BCUT2D eigenvalue weighted by atomic mass is 16.2. The fraction of sp³-hybridized carbons (Fsp3) is 0.0526. The number of amides is 1. The van der Waals surface area contributed by atoms with Crippen LogP contribution in [0.15, 0.2) is 76.3 Å². The van der Waals surface area contributed by atoms with Crippen molar-refractivity contribution in [2.45, 2.75) is 0 Å². The van der Waals surface area contributed by atoms with E-state index >= 15 is 0 Å². The second kappa shape index (κ2) is 5.73. The molecule has 2 aromatic carbocycles. The van der Waals surface area contributed by atoms with E-state index in [0.29, 0.717) is 17.1 Å². The minimum Gasteiger partial charge on any atom is -0.383 e. The van der Waals surface area contributed by atoms with E-state index in [2.05, 4.69) is 16.2 Å². The number of rotatable bonds is 2. The molecule has 1 unspecified atom stereocenters. The van der Waals surface area contributed by atoms with Gasteiger partial charge in [0.15, 0.2) is 5.84 Å². The Morgan fingerprint density at radius 2 is 1.68 bits per heavy atom. The molecule has 1 atom stereocenters. The van der Waals surface area contributed by atoms with Gasteiger partial charge in [-0.3, -0.25) is 4.79 Å². The van der Waals surface area contributed by atoms with Crippen LogP contribution in [-0.4, -0.2) is 17.6 Å². The van der Waals surface area contributed by atoms with Gasteiger partial charge in [0.2, 0.25) is 0 Å². The number of hydrogen-bond donors (Lipinski definition) is 1. The molecule has 0 saturated carbocycles. The highest BCUT2D eigenvalue weighted by Gasteiger charge is 2.44. The number of carbonyl (C=O) groups excluding carboxylic acids is 1. The van der Waals surface area contributed by atoms with Crippen LogP contribution in [0.5, 0.6) is 0 Å². The lowest BCUT2D eigenvalue weighted by Crippen LogP contribution is -2.33. The summed E-state index contributed by atoms with van der Waals surface area (Å²) in [4.78, 5) is 17.2. The fourth-order valence-corrected chi connectivity index (χ4v) is 3.04. The molecule has 6 heteroatoms. The number of hydrogen-bond acceptors (Lipinski definition) is 5. The Labute approximate surface area is 144 Å². The van der Waals surface area contributed by atoms with Gasteiger partial charge in [0.25, 0.3) is 5.91 Å². The first-order valence-electron chi connectivity index (χ1n) is 7.72. The quantitative estimate of drug-likeness (QED) is 0.917. The van der Waals surface area contributed by atoms with Crippen LogP contribution < -0.4 is 10.7 Å². The molecule has 0 aromatic heterocycles. The van der Waals surface area contributed by atoms with Crippen molar-refractivity contribution in [3.8, 4) is 6.07 Å². The monoisotopic (exact) mass is 327 g/mol. The number of carbonyl (C=O) groups is 1. The number of nitriles is 1. The number of benzene rings is 2. The van der Waals surface area contributed by atoms with Crippen LogP contribution in [0.2, 0.25) is 0 Å². The third-order valence-electron chi connectivity index (χ3n) is 4.16. The van der Waals surface area contributed by atoms with Crippen molar-refractivity contribution in [2.24, 2.45) is 21.7 Å². The Morgan fingerprint density at radius 3 is 2.32 bits per heavy atom. The van der Waals surface area contributed by atoms with E-state index in [9.17, 15) is 10.1 Å². The molecule has 4 rings (SSSR count). The van der Waals surface area contributed by atoms with Crippen molar-refractivity contribution in [1.29, 1.82) is 5.26 Å². The normalized spacial score (nSPS) is 19.2. The van der Waals surface area contributed by atoms with Crippen LogP contribution in [0, 0.1) is 17.2 Å². The van der Waals surface area contributed by atoms with Gasteiger partial charge in [0, 0.05) is 5.57 Å². The number of nitrogens with zero attached hydrogens (tertiary/aromatic N) is 4. The van der Waals surface area contributed by atoms with Crippen molar-refractivity contribution in [3.05, 3.63) is 71.8 Å². The standard InChI is InChI=1S/C19H13N5O/c20-11-14-15(12-7-3-1-4-8-12)16-18(22-17(14)21)23-24(19(16)25)13-9-5-2-6-10-13/h1-10,16H,(H2,21,22,23).